The molecule has 0 amide bonds. The fraction of sp³-hybridized carbons (Fsp3) is 0.429. The molecule has 1 aromatic rings. The van der Waals surface area contributed by atoms with Crippen molar-refractivity contribution in [2.75, 3.05) is 44.7 Å². The van der Waals surface area contributed by atoms with Crippen LogP contribution in [0, 0.1) is 0 Å². The van der Waals surface area contributed by atoms with Crippen LogP contribution in [0.1, 0.15) is 0 Å². The van der Waals surface area contributed by atoms with Gasteiger partial charge in [0.15, 0.2) is 0 Å². The van der Waals surface area contributed by atoms with Gasteiger partial charge in [0, 0.05) is 38.3 Å². The van der Waals surface area contributed by atoms with Gasteiger partial charge in [0.1, 0.15) is 5.75 Å². The van der Waals surface area contributed by atoms with Crippen molar-refractivity contribution in [1.29, 1.82) is 0 Å². The van der Waals surface area contributed by atoms with Gasteiger partial charge in [0.25, 0.3) is 0 Å². The minimum Gasteiger partial charge on any atom is -0.495 e. The Morgan fingerprint density at radius 2 is 1.78 bits per heavy atom. The summed E-state index contributed by atoms with van der Waals surface area (Å²) in [6.45, 7) is 5.09. The van der Waals surface area contributed by atoms with Crippen LogP contribution in [0.15, 0.2) is 35.9 Å². The Morgan fingerprint density at radius 1 is 1.22 bits per heavy atom. The van der Waals surface area contributed by atoms with E-state index in [0.717, 1.165) is 38.5 Å². The van der Waals surface area contributed by atoms with E-state index in [-0.39, 0.29) is 0 Å². The van der Waals surface area contributed by atoms with Gasteiger partial charge in [-0.05, 0) is 12.1 Å². The van der Waals surface area contributed by atoms with Crippen LogP contribution in [0.5, 0.6) is 5.75 Å². The first kappa shape index (κ1) is 19.7. The highest BCUT2D eigenvalue weighted by Gasteiger charge is 2.18. The molecule has 0 atom stereocenters. The number of benzene rings is 1. The molecule has 1 heterocycles. The molecule has 130 valence electrons. The molecule has 0 bridgehead atoms. The highest BCUT2D eigenvalue weighted by molar-refractivity contribution is 7.79. The Labute approximate surface area is 141 Å². The quantitative estimate of drug-likeness (QED) is 0.788. The van der Waals surface area contributed by atoms with Gasteiger partial charge in [-0.15, -0.1) is 0 Å². The SMILES string of the molecule is COc1ccccc1N1CCN(C/C=C/Cl)CC1.O=S(=O)(O)O. The first-order valence-corrected chi connectivity index (χ1v) is 8.74. The number of hydrogen-bond donors (Lipinski definition) is 2. The Hall–Kier alpha value is -1.32. The summed E-state index contributed by atoms with van der Waals surface area (Å²) in [5.41, 5.74) is 2.78. The average molecular weight is 365 g/mol. The summed E-state index contributed by atoms with van der Waals surface area (Å²) in [4.78, 5) is 4.77. The van der Waals surface area contributed by atoms with Crippen LogP contribution >= 0.6 is 11.6 Å². The van der Waals surface area contributed by atoms with Crippen LogP contribution in [0.4, 0.5) is 5.69 Å². The van der Waals surface area contributed by atoms with Gasteiger partial charge in [-0.1, -0.05) is 29.8 Å². The van der Waals surface area contributed by atoms with E-state index in [2.05, 4.69) is 21.9 Å². The molecule has 1 aliphatic heterocycles. The first-order valence-electron chi connectivity index (χ1n) is 6.90. The molecule has 2 N–H and O–H groups in total. The molecule has 0 saturated carbocycles. The van der Waals surface area contributed by atoms with Crippen LogP contribution in [0.3, 0.4) is 0 Å². The van der Waals surface area contributed by atoms with E-state index >= 15 is 0 Å². The third-order valence-electron chi connectivity index (χ3n) is 3.25. The lowest BCUT2D eigenvalue weighted by Crippen LogP contribution is -2.46. The molecule has 7 nitrogen and oxygen atoms in total. The molecule has 1 fully saturated rings. The van der Waals surface area contributed by atoms with Gasteiger partial charge in [0.05, 0.1) is 12.8 Å². The summed E-state index contributed by atoms with van der Waals surface area (Å²) >= 11 is 5.55. The lowest BCUT2D eigenvalue weighted by molar-refractivity contribution is 0.283. The summed E-state index contributed by atoms with van der Waals surface area (Å²) in [6.07, 6.45) is 1.99. The first-order chi connectivity index (χ1) is 10.8. The van der Waals surface area contributed by atoms with Crippen molar-refractivity contribution in [3.63, 3.8) is 0 Å². The van der Waals surface area contributed by atoms with E-state index in [4.69, 9.17) is 33.9 Å². The van der Waals surface area contributed by atoms with Crippen molar-refractivity contribution in [3.05, 3.63) is 35.9 Å². The number of para-hydroxylation sites is 2. The average Bonchev–Trinajstić information content (AvgIpc) is 2.52. The topological polar surface area (TPSA) is 90.3 Å². The zero-order chi connectivity index (χ0) is 17.3. The maximum absolute atomic E-state index is 8.74. The molecule has 1 aromatic carbocycles. The number of anilines is 1. The number of halogens is 1. The second-order valence-corrected chi connectivity index (χ2v) is 5.92. The summed E-state index contributed by atoms with van der Waals surface area (Å²) < 4.78 is 37.0. The summed E-state index contributed by atoms with van der Waals surface area (Å²) in [5, 5.41) is 0. The predicted molar refractivity (Wildman–Crippen MR) is 90.8 cm³/mol. The number of piperazine rings is 1. The van der Waals surface area contributed by atoms with Gasteiger partial charge in [-0.25, -0.2) is 0 Å². The predicted octanol–water partition coefficient (Wildman–Crippen LogP) is 1.92. The molecule has 0 aromatic heterocycles. The van der Waals surface area contributed by atoms with Crippen molar-refractivity contribution in [2.45, 2.75) is 0 Å². The lowest BCUT2D eigenvalue weighted by atomic mass is 10.2. The number of nitrogens with zero attached hydrogens (tertiary/aromatic N) is 2. The molecule has 2 rings (SSSR count). The maximum atomic E-state index is 8.74. The molecule has 9 heteroatoms. The molecule has 23 heavy (non-hydrogen) atoms. The summed E-state index contributed by atoms with van der Waals surface area (Å²) in [7, 11) is -2.94. The second kappa shape index (κ2) is 9.74. The van der Waals surface area contributed by atoms with E-state index in [9.17, 15) is 0 Å². The van der Waals surface area contributed by atoms with Crippen LogP contribution < -0.4 is 9.64 Å². The Balaban J connectivity index is 0.000000463. The molecule has 1 saturated heterocycles. The third-order valence-corrected chi connectivity index (χ3v) is 3.43. The lowest BCUT2D eigenvalue weighted by Gasteiger charge is -2.36. The van der Waals surface area contributed by atoms with Crippen LogP contribution in [-0.4, -0.2) is 62.3 Å². The Kier molecular flexibility index (Phi) is 8.35. The van der Waals surface area contributed by atoms with Crippen LogP contribution in [0.2, 0.25) is 0 Å². The van der Waals surface area contributed by atoms with E-state index in [0.29, 0.717) is 0 Å². The molecule has 0 unspecified atom stereocenters. The monoisotopic (exact) mass is 364 g/mol. The minimum absolute atomic E-state index is 0.934. The molecular formula is C14H21ClN2O5S. The second-order valence-electron chi connectivity index (χ2n) is 4.77. The smallest absolute Gasteiger partial charge is 0.394 e. The standard InChI is InChI=1S/C14H19ClN2O.H2O4S/c1-18-14-6-3-2-5-13(14)17-11-9-16(10-12-17)8-4-7-15;1-5(2,3)4/h2-7H,8-12H2,1H3;(H2,1,2,3,4)/b7-4+;. The number of rotatable bonds is 4. The van der Waals surface area contributed by atoms with Crippen molar-refractivity contribution in [1.82, 2.24) is 4.90 Å². The van der Waals surface area contributed by atoms with E-state index in [1.165, 1.54) is 5.69 Å². The fourth-order valence-electron chi connectivity index (χ4n) is 2.25. The third kappa shape index (κ3) is 8.19. The van der Waals surface area contributed by atoms with Gasteiger partial charge in [-0.2, -0.15) is 8.42 Å². The molecule has 0 spiro atoms. The van der Waals surface area contributed by atoms with Crippen molar-refractivity contribution in [2.24, 2.45) is 0 Å². The highest BCUT2D eigenvalue weighted by Crippen LogP contribution is 2.28. The van der Waals surface area contributed by atoms with Gasteiger partial charge < -0.3 is 9.64 Å². The van der Waals surface area contributed by atoms with Gasteiger partial charge >= 0.3 is 10.4 Å². The van der Waals surface area contributed by atoms with E-state index < -0.39 is 10.4 Å². The minimum atomic E-state index is -4.67. The molecule has 1 aliphatic rings. The molecule has 0 aliphatic carbocycles. The number of hydrogen-bond acceptors (Lipinski definition) is 5. The molecular weight excluding hydrogens is 344 g/mol. The van der Waals surface area contributed by atoms with Crippen LogP contribution in [0.25, 0.3) is 0 Å². The van der Waals surface area contributed by atoms with Gasteiger partial charge in [-0.3, -0.25) is 14.0 Å². The summed E-state index contributed by atoms with van der Waals surface area (Å²) in [5.74, 6) is 0.951. The Bertz CT molecular complexity index is 593. The normalized spacial score (nSPS) is 16.1. The van der Waals surface area contributed by atoms with Crippen molar-refractivity contribution < 1.29 is 22.3 Å². The number of ether oxygens (including phenoxy) is 1. The summed E-state index contributed by atoms with van der Waals surface area (Å²) in [6, 6.07) is 8.19. The number of methoxy groups -OCH3 is 1. The van der Waals surface area contributed by atoms with E-state index in [1.54, 1.807) is 12.6 Å². The fourth-order valence-corrected chi connectivity index (χ4v) is 2.33. The largest absolute Gasteiger partial charge is 0.495 e. The maximum Gasteiger partial charge on any atom is 0.394 e. The van der Waals surface area contributed by atoms with Gasteiger partial charge in [0.2, 0.25) is 0 Å². The van der Waals surface area contributed by atoms with Crippen molar-refractivity contribution >= 4 is 27.7 Å². The highest BCUT2D eigenvalue weighted by atomic mass is 35.5. The molecule has 0 radical (unpaired) electrons. The zero-order valence-corrected chi connectivity index (χ0v) is 14.4. The van der Waals surface area contributed by atoms with E-state index in [1.807, 2.05) is 18.2 Å². The Morgan fingerprint density at radius 3 is 2.30 bits per heavy atom. The van der Waals surface area contributed by atoms with Crippen molar-refractivity contribution in [3.8, 4) is 5.75 Å². The van der Waals surface area contributed by atoms with Crippen LogP contribution in [-0.2, 0) is 10.4 Å². The zero-order valence-electron chi connectivity index (χ0n) is 12.8.